The van der Waals surface area contributed by atoms with E-state index in [-0.39, 0.29) is 0 Å². The van der Waals surface area contributed by atoms with Crippen LogP contribution < -0.4 is 0 Å². The molecule has 0 heterocycles. The van der Waals surface area contributed by atoms with Gasteiger partial charge >= 0.3 is 0 Å². The fourth-order valence-electron chi connectivity index (χ4n) is 1.59. The lowest BCUT2D eigenvalue weighted by atomic mass is 9.97. The van der Waals surface area contributed by atoms with E-state index in [2.05, 4.69) is 15.9 Å². The first-order chi connectivity index (χ1) is 7.09. The topological polar surface area (TPSA) is 0 Å². The Morgan fingerprint density at radius 2 is 1.80 bits per heavy atom. The zero-order chi connectivity index (χ0) is 10.9. The van der Waals surface area contributed by atoms with Gasteiger partial charge in [0.25, 0.3) is 0 Å². The molecule has 0 bridgehead atoms. The highest BCUT2D eigenvalue weighted by atomic mass is 79.9. The van der Waals surface area contributed by atoms with Crippen LogP contribution >= 0.6 is 39.1 Å². The first kappa shape index (κ1) is 11.3. The van der Waals surface area contributed by atoms with Crippen molar-refractivity contribution >= 4 is 44.7 Å². The Morgan fingerprint density at radius 1 is 1.13 bits per heavy atom. The van der Waals surface area contributed by atoms with Crippen molar-refractivity contribution in [2.24, 2.45) is 0 Å². The maximum atomic E-state index is 6.39. The fraction of sp³-hybridized carbons (Fsp3) is 0.167. The summed E-state index contributed by atoms with van der Waals surface area (Å²) < 4.78 is -0.583. The molecule has 1 aliphatic rings. The number of halogens is 3. The van der Waals surface area contributed by atoms with E-state index in [1.165, 1.54) is 0 Å². The molecule has 78 valence electrons. The number of rotatable bonds is 1. The Balaban J connectivity index is 2.45. The van der Waals surface area contributed by atoms with Gasteiger partial charge in [-0.05, 0) is 17.2 Å². The number of benzene rings is 1. The van der Waals surface area contributed by atoms with Gasteiger partial charge in [0.15, 0.2) is 0 Å². The van der Waals surface area contributed by atoms with Crippen LogP contribution in [0.1, 0.15) is 12.0 Å². The second kappa shape index (κ2) is 4.32. The normalized spacial score (nSPS) is 25.8. The Bertz CT molecular complexity index is 419. The summed E-state index contributed by atoms with van der Waals surface area (Å²) in [7, 11) is 0. The molecule has 0 spiro atoms. The van der Waals surface area contributed by atoms with Gasteiger partial charge in [-0.1, -0.05) is 63.9 Å². The zero-order valence-corrected chi connectivity index (χ0v) is 11.0. The molecule has 0 saturated carbocycles. The van der Waals surface area contributed by atoms with Crippen LogP contribution in [0.4, 0.5) is 0 Å². The molecular weight excluding hydrogens is 295 g/mol. The summed E-state index contributed by atoms with van der Waals surface area (Å²) in [5, 5.41) is 0.765. The second-order valence-corrected chi connectivity index (χ2v) is 6.38. The monoisotopic (exact) mass is 302 g/mol. The Labute approximate surface area is 108 Å². The molecule has 0 saturated heterocycles. The molecule has 2 rings (SSSR count). The van der Waals surface area contributed by atoms with Crippen molar-refractivity contribution < 1.29 is 0 Å². The van der Waals surface area contributed by atoms with Crippen molar-refractivity contribution in [3.8, 4) is 0 Å². The molecule has 0 nitrogen and oxygen atoms in total. The van der Waals surface area contributed by atoms with Crippen LogP contribution in [-0.4, -0.2) is 3.78 Å². The van der Waals surface area contributed by atoms with E-state index in [1.807, 2.05) is 42.5 Å². The lowest BCUT2D eigenvalue weighted by molar-refractivity contribution is 0.995. The van der Waals surface area contributed by atoms with E-state index in [0.29, 0.717) is 6.42 Å². The summed E-state index contributed by atoms with van der Waals surface area (Å²) >= 11 is 15.9. The van der Waals surface area contributed by atoms with Gasteiger partial charge in [-0.3, -0.25) is 0 Å². The third-order valence-electron chi connectivity index (χ3n) is 2.30. The Morgan fingerprint density at radius 3 is 2.40 bits per heavy atom. The molecule has 0 fully saturated rings. The van der Waals surface area contributed by atoms with E-state index in [4.69, 9.17) is 23.2 Å². The molecular formula is C12H9BrCl2. The molecule has 0 aromatic heterocycles. The smallest absolute Gasteiger partial charge is 0.101 e. The van der Waals surface area contributed by atoms with Crippen LogP contribution in [0.15, 0.2) is 47.5 Å². The number of hydrogen-bond donors (Lipinski definition) is 0. The molecule has 0 aliphatic heterocycles. The van der Waals surface area contributed by atoms with Crippen LogP contribution in [0.2, 0.25) is 0 Å². The molecule has 0 radical (unpaired) electrons. The van der Waals surface area contributed by atoms with Crippen LogP contribution in [0, 0.1) is 0 Å². The fourth-order valence-corrected chi connectivity index (χ4v) is 3.06. The van der Waals surface area contributed by atoms with Crippen molar-refractivity contribution in [2.75, 3.05) is 0 Å². The number of alkyl halides is 2. The summed E-state index contributed by atoms with van der Waals surface area (Å²) in [6.45, 7) is 0. The molecule has 1 aliphatic carbocycles. The van der Waals surface area contributed by atoms with E-state index < -0.39 is 3.78 Å². The molecule has 1 atom stereocenters. The van der Waals surface area contributed by atoms with E-state index in [9.17, 15) is 0 Å². The van der Waals surface area contributed by atoms with E-state index in [0.717, 1.165) is 16.2 Å². The van der Waals surface area contributed by atoms with Gasteiger partial charge in [0.05, 0.1) is 0 Å². The lowest BCUT2D eigenvalue weighted by Gasteiger charge is -2.26. The molecule has 1 unspecified atom stereocenters. The highest BCUT2D eigenvalue weighted by Crippen LogP contribution is 2.46. The van der Waals surface area contributed by atoms with Gasteiger partial charge in [0.2, 0.25) is 0 Å². The largest absolute Gasteiger partial charge is 0.129 e. The maximum Gasteiger partial charge on any atom is 0.129 e. The van der Waals surface area contributed by atoms with Gasteiger partial charge in [0, 0.05) is 11.5 Å². The second-order valence-electron chi connectivity index (χ2n) is 3.44. The average Bonchev–Trinajstić information content (AvgIpc) is 2.17. The van der Waals surface area contributed by atoms with Crippen LogP contribution in [-0.2, 0) is 0 Å². The van der Waals surface area contributed by atoms with Gasteiger partial charge < -0.3 is 0 Å². The SMILES string of the molecule is ClC1=CC=C(c2ccccc2)C(Cl)(Br)C1. The predicted molar refractivity (Wildman–Crippen MR) is 70.5 cm³/mol. The third-order valence-corrected chi connectivity index (χ3v) is 3.60. The van der Waals surface area contributed by atoms with Crippen LogP contribution in [0.25, 0.3) is 5.57 Å². The Kier molecular flexibility index (Phi) is 3.24. The lowest BCUT2D eigenvalue weighted by Crippen LogP contribution is -2.17. The molecule has 3 heteroatoms. The van der Waals surface area contributed by atoms with Gasteiger partial charge in [-0.2, -0.15) is 0 Å². The van der Waals surface area contributed by atoms with Crippen LogP contribution in [0.3, 0.4) is 0 Å². The van der Waals surface area contributed by atoms with Crippen molar-refractivity contribution in [1.82, 2.24) is 0 Å². The summed E-state index contributed by atoms with van der Waals surface area (Å²) in [6.07, 6.45) is 4.46. The predicted octanol–water partition coefficient (Wildman–Crippen LogP) is 4.93. The summed E-state index contributed by atoms with van der Waals surface area (Å²) in [5.41, 5.74) is 2.17. The van der Waals surface area contributed by atoms with Gasteiger partial charge in [0.1, 0.15) is 3.78 Å². The minimum absolute atomic E-state index is 0.583. The summed E-state index contributed by atoms with van der Waals surface area (Å²) in [5.74, 6) is 0. The van der Waals surface area contributed by atoms with Gasteiger partial charge in [-0.25, -0.2) is 0 Å². The van der Waals surface area contributed by atoms with Gasteiger partial charge in [-0.15, -0.1) is 11.6 Å². The Hall–Kier alpha value is -0.240. The summed E-state index contributed by atoms with van der Waals surface area (Å²) in [4.78, 5) is 0. The van der Waals surface area contributed by atoms with E-state index >= 15 is 0 Å². The molecule has 1 aromatic rings. The quantitative estimate of drug-likeness (QED) is 0.646. The first-order valence-corrected chi connectivity index (χ1v) is 6.14. The molecule has 0 N–H and O–H groups in total. The molecule has 0 amide bonds. The highest BCUT2D eigenvalue weighted by molar-refractivity contribution is 9.10. The molecule has 15 heavy (non-hydrogen) atoms. The average molecular weight is 304 g/mol. The van der Waals surface area contributed by atoms with Crippen molar-refractivity contribution in [2.45, 2.75) is 10.2 Å². The third kappa shape index (κ3) is 2.47. The molecule has 1 aromatic carbocycles. The minimum Gasteiger partial charge on any atom is -0.101 e. The van der Waals surface area contributed by atoms with Crippen LogP contribution in [0.5, 0.6) is 0 Å². The highest BCUT2D eigenvalue weighted by Gasteiger charge is 2.32. The minimum atomic E-state index is -0.583. The zero-order valence-electron chi connectivity index (χ0n) is 7.88. The number of hydrogen-bond acceptors (Lipinski definition) is 0. The summed E-state index contributed by atoms with van der Waals surface area (Å²) in [6, 6.07) is 10.1. The van der Waals surface area contributed by atoms with E-state index in [1.54, 1.807) is 0 Å². The maximum absolute atomic E-state index is 6.39. The number of allylic oxidation sites excluding steroid dienone is 4. The van der Waals surface area contributed by atoms with Crippen molar-refractivity contribution in [3.05, 3.63) is 53.1 Å². The first-order valence-electron chi connectivity index (χ1n) is 4.60. The van der Waals surface area contributed by atoms with Crippen molar-refractivity contribution in [3.63, 3.8) is 0 Å². The standard InChI is InChI=1S/C12H9BrCl2/c13-12(15)8-10(14)6-7-11(12)9-4-2-1-3-5-9/h1-7H,8H2. The van der Waals surface area contributed by atoms with Crippen molar-refractivity contribution in [1.29, 1.82) is 0 Å².